The third-order valence-corrected chi connectivity index (χ3v) is 8.82. The molecule has 2 rings (SSSR count). The summed E-state index contributed by atoms with van der Waals surface area (Å²) in [7, 11) is 3.50. The maximum absolute atomic E-state index is 10.9. The van der Waals surface area contributed by atoms with E-state index >= 15 is 0 Å². The standard InChI is InChI=1S/C10H22N2.C8H16O2.C4H11O5P/c1-9(2)10(3,4)12(6)8-7-11(9)5;1-7(2)8(3,4)10-6-5-9-7;1-7-10(6,8-2)9-4-3-5/h7-8H2,1-6H3;5-6H2,1-4H3;5H,3-4H2,1-2H3. The van der Waals surface area contributed by atoms with Gasteiger partial charge < -0.3 is 14.6 Å². The normalized spacial score (nSPS) is 24.5. The Kier molecular flexibility index (Phi) is 12.5. The van der Waals surface area contributed by atoms with Gasteiger partial charge in [0.1, 0.15) is 0 Å². The lowest BCUT2D eigenvalue weighted by Gasteiger charge is -2.56. The molecule has 0 radical (unpaired) electrons. The number of nitrogens with zero attached hydrogens (tertiary/aromatic N) is 2. The molecule has 2 fully saturated rings. The van der Waals surface area contributed by atoms with Crippen molar-refractivity contribution in [1.29, 1.82) is 0 Å². The van der Waals surface area contributed by atoms with E-state index in [9.17, 15) is 4.57 Å². The fourth-order valence-corrected chi connectivity index (χ4v) is 3.73. The number of aliphatic hydroxyl groups excluding tert-OH is 1. The number of hydrogen-bond donors (Lipinski definition) is 1. The topological polar surface area (TPSA) is 89.9 Å². The molecule has 9 nitrogen and oxygen atoms in total. The van der Waals surface area contributed by atoms with Gasteiger partial charge in [-0.2, -0.15) is 0 Å². The highest BCUT2D eigenvalue weighted by Crippen LogP contribution is 2.47. The third kappa shape index (κ3) is 8.29. The molecule has 32 heavy (non-hydrogen) atoms. The van der Waals surface area contributed by atoms with Crippen molar-refractivity contribution < 1.29 is 32.7 Å². The second-order valence-electron chi connectivity index (χ2n) is 10.0. The summed E-state index contributed by atoms with van der Waals surface area (Å²) >= 11 is 0. The summed E-state index contributed by atoms with van der Waals surface area (Å²) in [6, 6.07) is 0. The van der Waals surface area contributed by atoms with E-state index in [0.717, 1.165) is 13.2 Å². The van der Waals surface area contributed by atoms with Crippen LogP contribution in [0.15, 0.2) is 0 Å². The molecule has 2 aliphatic rings. The Morgan fingerprint density at radius 3 is 1.41 bits per heavy atom. The van der Waals surface area contributed by atoms with E-state index < -0.39 is 7.82 Å². The molecule has 2 saturated heterocycles. The monoisotopic (exact) mass is 484 g/mol. The molecule has 0 aromatic carbocycles. The molecule has 2 heterocycles. The van der Waals surface area contributed by atoms with Crippen molar-refractivity contribution in [2.24, 2.45) is 0 Å². The first kappa shape index (κ1) is 31.9. The van der Waals surface area contributed by atoms with Crippen molar-refractivity contribution in [3.63, 3.8) is 0 Å². The van der Waals surface area contributed by atoms with E-state index in [1.165, 1.54) is 27.3 Å². The second kappa shape index (κ2) is 12.6. The second-order valence-corrected chi connectivity index (χ2v) is 11.9. The molecular weight excluding hydrogens is 435 g/mol. The summed E-state index contributed by atoms with van der Waals surface area (Å²) in [5.41, 5.74) is 0.233. The van der Waals surface area contributed by atoms with Crippen LogP contribution in [0, 0.1) is 0 Å². The number of likely N-dealkylation sites (N-methyl/N-ethyl adjacent to an activating group) is 2. The van der Waals surface area contributed by atoms with Gasteiger partial charge in [-0.05, 0) is 69.5 Å². The van der Waals surface area contributed by atoms with Crippen molar-refractivity contribution in [2.75, 3.05) is 67.8 Å². The molecule has 0 aliphatic carbocycles. The van der Waals surface area contributed by atoms with Crippen LogP contribution in [0.25, 0.3) is 0 Å². The van der Waals surface area contributed by atoms with Crippen LogP contribution in [0.5, 0.6) is 0 Å². The zero-order valence-corrected chi connectivity index (χ0v) is 23.4. The Hall–Kier alpha value is -0.0900. The average molecular weight is 485 g/mol. The predicted octanol–water partition coefficient (Wildman–Crippen LogP) is 3.41. The van der Waals surface area contributed by atoms with E-state index in [2.05, 4.69) is 92.9 Å². The maximum atomic E-state index is 10.9. The fourth-order valence-electron chi connectivity index (χ4n) is 3.07. The number of rotatable bonds is 5. The number of phosphoric acid groups is 1. The number of phosphoric ester groups is 1. The van der Waals surface area contributed by atoms with E-state index in [1.54, 1.807) is 0 Å². The van der Waals surface area contributed by atoms with Crippen LogP contribution in [-0.4, -0.2) is 105 Å². The molecule has 0 unspecified atom stereocenters. The van der Waals surface area contributed by atoms with Gasteiger partial charge in [0.2, 0.25) is 0 Å². The highest BCUT2D eigenvalue weighted by Gasteiger charge is 2.45. The molecule has 0 spiro atoms. The summed E-state index contributed by atoms with van der Waals surface area (Å²) in [4.78, 5) is 4.90. The molecule has 0 atom stereocenters. The van der Waals surface area contributed by atoms with Crippen molar-refractivity contribution in [1.82, 2.24) is 9.80 Å². The predicted molar refractivity (Wildman–Crippen MR) is 128 cm³/mol. The van der Waals surface area contributed by atoms with Crippen molar-refractivity contribution in [3.8, 4) is 0 Å². The molecular formula is C22H49N2O7P. The van der Waals surface area contributed by atoms with Crippen molar-refractivity contribution >= 4 is 7.82 Å². The van der Waals surface area contributed by atoms with Crippen LogP contribution in [-0.2, 0) is 27.6 Å². The van der Waals surface area contributed by atoms with Gasteiger partial charge in [-0.25, -0.2) is 4.57 Å². The van der Waals surface area contributed by atoms with Gasteiger partial charge in [0.05, 0.1) is 37.6 Å². The number of aliphatic hydroxyl groups is 1. The van der Waals surface area contributed by atoms with Gasteiger partial charge in [0.15, 0.2) is 0 Å². The molecule has 2 aliphatic heterocycles. The smallest absolute Gasteiger partial charge is 0.394 e. The maximum Gasteiger partial charge on any atom is 0.474 e. The first-order chi connectivity index (χ1) is 14.4. The Bertz CT molecular complexity index is 553. The highest BCUT2D eigenvalue weighted by atomic mass is 31.2. The number of ether oxygens (including phenoxy) is 2. The zero-order valence-electron chi connectivity index (χ0n) is 22.5. The molecule has 0 bridgehead atoms. The van der Waals surface area contributed by atoms with Crippen molar-refractivity contribution in [3.05, 3.63) is 0 Å². The fraction of sp³-hybridized carbons (Fsp3) is 1.00. The van der Waals surface area contributed by atoms with Crippen LogP contribution >= 0.6 is 7.82 Å². The molecule has 0 aromatic rings. The molecule has 10 heteroatoms. The minimum atomic E-state index is -3.36. The van der Waals surface area contributed by atoms with Gasteiger partial charge in [0.25, 0.3) is 0 Å². The van der Waals surface area contributed by atoms with Crippen LogP contribution < -0.4 is 0 Å². The molecule has 0 amide bonds. The third-order valence-electron chi connectivity index (χ3n) is 7.42. The zero-order chi connectivity index (χ0) is 25.4. The first-order valence-electron chi connectivity index (χ1n) is 11.1. The lowest BCUT2D eigenvalue weighted by Crippen LogP contribution is -2.68. The van der Waals surface area contributed by atoms with Gasteiger partial charge >= 0.3 is 7.82 Å². The summed E-state index contributed by atoms with van der Waals surface area (Å²) in [6.07, 6.45) is 0. The van der Waals surface area contributed by atoms with Crippen LogP contribution in [0.1, 0.15) is 55.4 Å². The van der Waals surface area contributed by atoms with E-state index in [1.807, 2.05) is 0 Å². The first-order valence-corrected chi connectivity index (χ1v) is 12.6. The van der Waals surface area contributed by atoms with Crippen LogP contribution in [0.2, 0.25) is 0 Å². The molecule has 0 saturated carbocycles. The largest absolute Gasteiger partial charge is 0.474 e. The van der Waals surface area contributed by atoms with Gasteiger partial charge in [0, 0.05) is 38.4 Å². The lowest BCUT2D eigenvalue weighted by atomic mass is 9.78. The highest BCUT2D eigenvalue weighted by molar-refractivity contribution is 7.48. The molecule has 0 aromatic heterocycles. The minimum absolute atomic E-state index is 0.0566. The Morgan fingerprint density at radius 1 is 0.812 bits per heavy atom. The van der Waals surface area contributed by atoms with Gasteiger partial charge in [-0.3, -0.25) is 23.4 Å². The SMILES string of the molecule is CC1(C)OCCOC1(C)C.CN1CCN(C)C(C)(C)C1(C)C.COP(=O)(OC)OCCO. The molecule has 1 N–H and O–H groups in total. The Labute approximate surface area is 196 Å². The van der Waals surface area contributed by atoms with E-state index in [-0.39, 0.29) is 35.5 Å². The molecule has 194 valence electrons. The van der Waals surface area contributed by atoms with Crippen molar-refractivity contribution in [2.45, 2.75) is 77.7 Å². The summed E-state index contributed by atoms with van der Waals surface area (Å²) in [5, 5.41) is 8.26. The average Bonchev–Trinajstić information content (AvgIpc) is 2.71. The number of hydrogen-bond acceptors (Lipinski definition) is 9. The van der Waals surface area contributed by atoms with E-state index in [4.69, 9.17) is 14.6 Å². The Morgan fingerprint density at radius 2 is 1.16 bits per heavy atom. The summed E-state index contributed by atoms with van der Waals surface area (Å²) in [6.45, 7) is 21.1. The number of piperazine rings is 1. The van der Waals surface area contributed by atoms with Crippen LogP contribution in [0.4, 0.5) is 0 Å². The van der Waals surface area contributed by atoms with Gasteiger partial charge in [-0.15, -0.1) is 0 Å². The summed E-state index contributed by atoms with van der Waals surface area (Å²) in [5.74, 6) is 0. The Balaban J connectivity index is 0.000000454. The van der Waals surface area contributed by atoms with Crippen LogP contribution in [0.3, 0.4) is 0 Å². The lowest BCUT2D eigenvalue weighted by molar-refractivity contribution is -0.230. The van der Waals surface area contributed by atoms with E-state index in [0.29, 0.717) is 0 Å². The minimum Gasteiger partial charge on any atom is -0.394 e. The van der Waals surface area contributed by atoms with Gasteiger partial charge in [-0.1, -0.05) is 0 Å². The summed E-state index contributed by atoms with van der Waals surface area (Å²) < 4.78 is 35.4. The quantitative estimate of drug-likeness (QED) is 0.590.